The first-order valence-electron chi connectivity index (χ1n) is 9.54. The van der Waals surface area contributed by atoms with Crippen molar-refractivity contribution in [3.05, 3.63) is 35.5 Å². The molecule has 0 spiro atoms. The zero-order chi connectivity index (χ0) is 20.5. The van der Waals surface area contributed by atoms with Crippen LogP contribution in [0.3, 0.4) is 0 Å². The number of aromatic nitrogens is 2. The van der Waals surface area contributed by atoms with Gasteiger partial charge in [-0.1, -0.05) is 0 Å². The molecule has 1 amide bonds. The molecule has 0 aliphatic carbocycles. The van der Waals surface area contributed by atoms with Crippen molar-refractivity contribution in [2.75, 3.05) is 13.6 Å². The number of sulfonamides is 1. The summed E-state index contributed by atoms with van der Waals surface area (Å²) in [5, 5.41) is 4.36. The van der Waals surface area contributed by atoms with Gasteiger partial charge in [-0.2, -0.15) is 9.40 Å². The predicted octanol–water partition coefficient (Wildman–Crippen LogP) is 2.31. The normalized spacial score (nSPS) is 18.0. The molecule has 1 aliphatic rings. The highest BCUT2D eigenvalue weighted by atomic mass is 32.2. The fraction of sp³-hybridized carbons (Fsp3) is 0.579. The number of carbonyl (C=O) groups excluding carboxylic acids is 1. The summed E-state index contributed by atoms with van der Waals surface area (Å²) in [4.78, 5) is 14.8. The van der Waals surface area contributed by atoms with E-state index in [1.54, 1.807) is 26.0 Å². The second-order valence-corrected chi connectivity index (χ2v) is 9.41. The fourth-order valence-corrected chi connectivity index (χ4v) is 5.26. The summed E-state index contributed by atoms with van der Waals surface area (Å²) >= 11 is 0. The van der Waals surface area contributed by atoms with E-state index in [0.29, 0.717) is 17.1 Å². The van der Waals surface area contributed by atoms with E-state index >= 15 is 0 Å². The van der Waals surface area contributed by atoms with Gasteiger partial charge in [-0.05, 0) is 52.2 Å². The van der Waals surface area contributed by atoms with E-state index in [9.17, 15) is 13.2 Å². The Morgan fingerprint density at radius 3 is 2.75 bits per heavy atom. The van der Waals surface area contributed by atoms with Crippen LogP contribution in [-0.4, -0.2) is 52.9 Å². The van der Waals surface area contributed by atoms with Gasteiger partial charge in [0.25, 0.3) is 0 Å². The number of nitrogens with zero attached hydrogens (tertiary/aromatic N) is 4. The van der Waals surface area contributed by atoms with Gasteiger partial charge in [0.1, 0.15) is 17.2 Å². The van der Waals surface area contributed by atoms with Crippen LogP contribution in [0.5, 0.6) is 0 Å². The lowest BCUT2D eigenvalue weighted by molar-refractivity contribution is -0.135. The van der Waals surface area contributed by atoms with Gasteiger partial charge in [-0.15, -0.1) is 0 Å². The molecule has 1 saturated heterocycles. The molecule has 3 rings (SSSR count). The van der Waals surface area contributed by atoms with Crippen LogP contribution in [0.1, 0.15) is 43.3 Å². The number of hydrogen-bond acceptors (Lipinski definition) is 5. The average molecular weight is 409 g/mol. The van der Waals surface area contributed by atoms with Gasteiger partial charge >= 0.3 is 0 Å². The molecule has 28 heavy (non-hydrogen) atoms. The first-order chi connectivity index (χ1) is 13.2. The maximum atomic E-state index is 13.1. The van der Waals surface area contributed by atoms with Crippen LogP contribution in [0.2, 0.25) is 0 Å². The maximum Gasteiger partial charge on any atom is 0.246 e. The lowest BCUT2D eigenvalue weighted by atomic mass is 10.0. The smallest absolute Gasteiger partial charge is 0.246 e. The molecular formula is C19H28N4O4S. The number of furan rings is 1. The molecule has 2 aromatic heterocycles. The van der Waals surface area contributed by atoms with Gasteiger partial charge in [0.2, 0.25) is 15.9 Å². The number of piperidine rings is 1. The molecule has 0 bridgehead atoms. The van der Waals surface area contributed by atoms with Crippen LogP contribution in [-0.2, 0) is 27.9 Å². The van der Waals surface area contributed by atoms with Crippen molar-refractivity contribution in [3.8, 4) is 0 Å². The molecule has 3 heterocycles. The summed E-state index contributed by atoms with van der Waals surface area (Å²) in [7, 11) is -2.25. The molecule has 1 atom stereocenters. The van der Waals surface area contributed by atoms with Crippen LogP contribution in [0.4, 0.5) is 0 Å². The maximum absolute atomic E-state index is 13.1. The SMILES string of the molecule is Cc1nn(CC(=O)N2CCCC[C@H]2C)c(C)c1S(=O)(=O)N(C)Cc1ccco1. The number of aryl methyl sites for hydroxylation is 1. The predicted molar refractivity (Wildman–Crippen MR) is 104 cm³/mol. The minimum absolute atomic E-state index is 0.0225. The topological polar surface area (TPSA) is 88.7 Å². The van der Waals surface area contributed by atoms with Crippen LogP contribution in [0, 0.1) is 13.8 Å². The molecule has 8 nitrogen and oxygen atoms in total. The Kier molecular flexibility index (Phi) is 5.95. The summed E-state index contributed by atoms with van der Waals surface area (Å²) in [6, 6.07) is 3.66. The van der Waals surface area contributed by atoms with Gasteiger partial charge in [0.15, 0.2) is 0 Å². The molecule has 0 unspecified atom stereocenters. The standard InChI is InChI=1S/C19H28N4O4S/c1-14-8-5-6-10-22(14)18(24)13-23-16(3)19(15(2)20-23)28(25,26)21(4)12-17-9-7-11-27-17/h7,9,11,14H,5-6,8,10,12-13H2,1-4H3/t14-/m1/s1. The van der Waals surface area contributed by atoms with Crippen molar-refractivity contribution in [1.29, 1.82) is 0 Å². The minimum Gasteiger partial charge on any atom is -0.468 e. The zero-order valence-electron chi connectivity index (χ0n) is 16.9. The van der Waals surface area contributed by atoms with E-state index < -0.39 is 10.0 Å². The number of amides is 1. The number of likely N-dealkylation sites (tertiary alicyclic amines) is 1. The molecule has 0 radical (unpaired) electrons. The van der Waals surface area contributed by atoms with Crippen molar-refractivity contribution >= 4 is 15.9 Å². The van der Waals surface area contributed by atoms with Crippen LogP contribution < -0.4 is 0 Å². The van der Waals surface area contributed by atoms with E-state index in [0.717, 1.165) is 25.8 Å². The fourth-order valence-electron chi connectivity index (χ4n) is 3.76. The zero-order valence-corrected chi connectivity index (χ0v) is 17.7. The van der Waals surface area contributed by atoms with Crippen LogP contribution in [0.15, 0.2) is 27.7 Å². The Hall–Kier alpha value is -2.13. The summed E-state index contributed by atoms with van der Waals surface area (Å²) in [5.74, 6) is 0.536. The van der Waals surface area contributed by atoms with E-state index in [1.807, 2.05) is 4.90 Å². The largest absolute Gasteiger partial charge is 0.468 e. The number of carbonyl (C=O) groups is 1. The number of rotatable bonds is 6. The Labute approximate surface area is 166 Å². The molecule has 1 fully saturated rings. The third-order valence-electron chi connectivity index (χ3n) is 5.35. The van der Waals surface area contributed by atoms with E-state index in [4.69, 9.17) is 4.42 Å². The lowest BCUT2D eigenvalue weighted by Crippen LogP contribution is -2.43. The Bertz CT molecular complexity index is 934. The van der Waals surface area contributed by atoms with Gasteiger partial charge in [0, 0.05) is 19.6 Å². The molecule has 2 aromatic rings. The van der Waals surface area contributed by atoms with Crippen molar-refractivity contribution in [1.82, 2.24) is 19.0 Å². The lowest BCUT2D eigenvalue weighted by Gasteiger charge is -2.33. The van der Waals surface area contributed by atoms with E-state index in [1.165, 1.54) is 22.3 Å². The Morgan fingerprint density at radius 2 is 2.11 bits per heavy atom. The van der Waals surface area contributed by atoms with Gasteiger partial charge in [0.05, 0.1) is 24.2 Å². The van der Waals surface area contributed by atoms with Gasteiger partial charge in [-0.25, -0.2) is 8.42 Å². The van der Waals surface area contributed by atoms with Crippen LogP contribution >= 0.6 is 0 Å². The summed E-state index contributed by atoms with van der Waals surface area (Å²) in [6.45, 7) is 6.33. The Morgan fingerprint density at radius 1 is 1.36 bits per heavy atom. The van der Waals surface area contributed by atoms with Crippen molar-refractivity contribution in [3.63, 3.8) is 0 Å². The van der Waals surface area contributed by atoms with E-state index in [2.05, 4.69) is 12.0 Å². The van der Waals surface area contributed by atoms with E-state index in [-0.39, 0.29) is 29.9 Å². The quantitative estimate of drug-likeness (QED) is 0.732. The molecular weight excluding hydrogens is 380 g/mol. The first-order valence-corrected chi connectivity index (χ1v) is 11.0. The molecule has 0 saturated carbocycles. The average Bonchev–Trinajstić information content (AvgIpc) is 3.23. The first kappa shape index (κ1) is 20.6. The second kappa shape index (κ2) is 8.08. The van der Waals surface area contributed by atoms with Crippen LogP contribution in [0.25, 0.3) is 0 Å². The monoisotopic (exact) mass is 408 g/mol. The molecule has 0 N–H and O–H groups in total. The number of hydrogen-bond donors (Lipinski definition) is 0. The summed E-state index contributed by atoms with van der Waals surface area (Å²) < 4.78 is 34.2. The molecule has 0 aromatic carbocycles. The van der Waals surface area contributed by atoms with Gasteiger partial charge < -0.3 is 9.32 Å². The van der Waals surface area contributed by atoms with Gasteiger partial charge in [-0.3, -0.25) is 9.48 Å². The Balaban J connectivity index is 1.81. The van der Waals surface area contributed by atoms with Crippen molar-refractivity contribution < 1.29 is 17.6 Å². The molecule has 1 aliphatic heterocycles. The van der Waals surface area contributed by atoms with Crippen molar-refractivity contribution in [2.45, 2.75) is 64.1 Å². The van der Waals surface area contributed by atoms with Crippen molar-refractivity contribution in [2.24, 2.45) is 0 Å². The highest BCUT2D eigenvalue weighted by Gasteiger charge is 2.31. The third kappa shape index (κ3) is 4.00. The summed E-state index contributed by atoms with van der Waals surface area (Å²) in [6.07, 6.45) is 4.65. The highest BCUT2D eigenvalue weighted by molar-refractivity contribution is 7.89. The third-order valence-corrected chi connectivity index (χ3v) is 7.41. The minimum atomic E-state index is -3.76. The highest BCUT2D eigenvalue weighted by Crippen LogP contribution is 2.25. The summed E-state index contributed by atoms with van der Waals surface area (Å²) in [5.41, 5.74) is 0.866. The molecule has 9 heteroatoms. The molecule has 154 valence electrons. The second-order valence-electron chi connectivity index (χ2n) is 7.43.